The smallest absolute Gasteiger partial charge is 0.271 e. The van der Waals surface area contributed by atoms with Gasteiger partial charge in [-0.3, -0.25) is 29.3 Å². The van der Waals surface area contributed by atoms with Crippen LogP contribution in [0.3, 0.4) is 0 Å². The highest BCUT2D eigenvalue weighted by molar-refractivity contribution is 6.32. The topological polar surface area (TPSA) is 147 Å². The largest absolute Gasteiger partial charge is 0.504 e. The van der Waals surface area contributed by atoms with E-state index in [2.05, 4.69) is 0 Å². The van der Waals surface area contributed by atoms with Crippen LogP contribution in [0, 0.1) is 33.8 Å². The number of imide groups is 2. The summed E-state index contributed by atoms with van der Waals surface area (Å²) in [6, 6.07) is 25.9. The van der Waals surface area contributed by atoms with Gasteiger partial charge in [-0.2, -0.15) is 0 Å². The number of fused-ring (bicyclic) bond motifs is 4. The van der Waals surface area contributed by atoms with E-state index >= 15 is 4.79 Å². The van der Waals surface area contributed by atoms with Gasteiger partial charge in [-0.05, 0) is 61.6 Å². The molecule has 262 valence electrons. The predicted octanol–water partition coefficient (Wildman–Crippen LogP) is 6.72. The molecule has 4 aliphatic rings. The van der Waals surface area contributed by atoms with E-state index in [9.17, 15) is 29.6 Å². The van der Waals surface area contributed by atoms with Gasteiger partial charge in [0, 0.05) is 28.6 Å². The van der Waals surface area contributed by atoms with Crippen LogP contribution in [0.15, 0.2) is 109 Å². The fourth-order valence-corrected chi connectivity index (χ4v) is 9.32. The molecule has 2 aliphatic heterocycles. The second-order valence-corrected chi connectivity index (χ2v) is 13.9. The third-order valence-corrected chi connectivity index (χ3v) is 11.3. The molecule has 1 N–H and O–H groups in total. The van der Waals surface area contributed by atoms with Gasteiger partial charge in [-0.25, -0.2) is 9.80 Å². The number of hydrogen-bond donors (Lipinski definition) is 1. The number of phenolic OH excluding ortho intramolecular Hbond substituents is 1. The highest BCUT2D eigenvalue weighted by atomic mass is 35.5. The van der Waals surface area contributed by atoms with E-state index in [4.69, 9.17) is 16.3 Å². The van der Waals surface area contributed by atoms with Crippen LogP contribution >= 0.6 is 11.6 Å². The maximum atomic E-state index is 15.4. The van der Waals surface area contributed by atoms with Crippen molar-refractivity contribution in [2.75, 3.05) is 16.4 Å². The van der Waals surface area contributed by atoms with Crippen molar-refractivity contribution in [3.8, 4) is 11.5 Å². The molecule has 0 aromatic heterocycles. The molecule has 4 aromatic carbocycles. The van der Waals surface area contributed by atoms with Crippen LogP contribution in [-0.4, -0.2) is 40.3 Å². The maximum Gasteiger partial charge on any atom is 0.271 e. The zero-order chi connectivity index (χ0) is 36.5. The molecule has 0 bridgehead atoms. The van der Waals surface area contributed by atoms with Crippen molar-refractivity contribution in [1.82, 2.24) is 0 Å². The average Bonchev–Trinajstić information content (AvgIpc) is 3.53. The summed E-state index contributed by atoms with van der Waals surface area (Å²) in [5.41, 5.74) is 0.0888. The number of nitro benzene ring substituents is 1. The average molecular weight is 718 g/mol. The third-order valence-electron chi connectivity index (χ3n) is 11.1. The van der Waals surface area contributed by atoms with Crippen LogP contribution in [0.5, 0.6) is 11.5 Å². The Morgan fingerprint density at radius 1 is 0.865 bits per heavy atom. The normalized spacial score (nSPS) is 26.5. The van der Waals surface area contributed by atoms with Crippen molar-refractivity contribution in [3.05, 3.63) is 135 Å². The number of hydrogen-bond acceptors (Lipinski definition) is 8. The molecule has 2 aliphatic carbocycles. The Hall–Kier alpha value is -5.81. The standard InChI is InChI=1S/C40H32ClN3O8/c1-2-52-32-16-8-15-29(35(32)45)34-27-17-18-28-33(38(48)42(36(28)46)25-13-7-14-26(20-25)44(50)51)30(27)21-31-37(47)43(24-12-6-11-23(41)19-24)39(49)40(31,34)22-9-4-3-5-10-22/h3-17,19-20,28,30-31,33-34,45H,2,18,21H2,1H3/t28-,30+,31-,33-,34+,40+/m0/s1. The lowest BCUT2D eigenvalue weighted by atomic mass is 9.49. The number of carbonyl (C=O) groups is 4. The quantitative estimate of drug-likeness (QED) is 0.0960. The van der Waals surface area contributed by atoms with E-state index in [1.54, 1.807) is 73.7 Å². The molecule has 0 spiro atoms. The van der Waals surface area contributed by atoms with Crippen molar-refractivity contribution < 1.29 is 33.9 Å². The number of aromatic hydroxyl groups is 1. The highest BCUT2D eigenvalue weighted by Crippen LogP contribution is 2.65. The Morgan fingerprint density at radius 2 is 1.58 bits per heavy atom. The number of benzene rings is 4. The molecule has 2 heterocycles. The number of amides is 4. The number of carbonyl (C=O) groups excluding carboxylic acids is 4. The van der Waals surface area contributed by atoms with E-state index in [1.165, 1.54) is 24.3 Å². The van der Waals surface area contributed by atoms with E-state index < -0.39 is 63.6 Å². The van der Waals surface area contributed by atoms with E-state index in [0.717, 1.165) is 9.80 Å². The Balaban J connectivity index is 1.35. The predicted molar refractivity (Wildman–Crippen MR) is 191 cm³/mol. The Morgan fingerprint density at radius 3 is 2.29 bits per heavy atom. The fourth-order valence-electron chi connectivity index (χ4n) is 9.13. The van der Waals surface area contributed by atoms with Crippen molar-refractivity contribution >= 4 is 52.3 Å². The van der Waals surface area contributed by atoms with E-state index in [0.29, 0.717) is 21.7 Å². The second-order valence-electron chi connectivity index (χ2n) is 13.5. The van der Waals surface area contributed by atoms with Gasteiger partial charge in [0.25, 0.3) is 5.69 Å². The minimum atomic E-state index is -1.58. The first-order chi connectivity index (χ1) is 25.1. The first kappa shape index (κ1) is 33.3. The summed E-state index contributed by atoms with van der Waals surface area (Å²) < 4.78 is 5.80. The summed E-state index contributed by atoms with van der Waals surface area (Å²) in [6.45, 7) is 2.04. The van der Waals surface area contributed by atoms with Gasteiger partial charge in [0.15, 0.2) is 11.5 Å². The first-order valence-electron chi connectivity index (χ1n) is 17.1. The lowest BCUT2D eigenvalue weighted by Gasteiger charge is -2.50. The molecule has 4 aromatic rings. The van der Waals surface area contributed by atoms with Crippen molar-refractivity contribution in [3.63, 3.8) is 0 Å². The summed E-state index contributed by atoms with van der Waals surface area (Å²) in [5, 5.41) is 23.8. The van der Waals surface area contributed by atoms with Crippen LogP contribution < -0.4 is 14.5 Å². The van der Waals surface area contributed by atoms with Crippen molar-refractivity contribution in [2.24, 2.45) is 23.7 Å². The number of rotatable bonds is 7. The number of ether oxygens (including phenoxy) is 1. The van der Waals surface area contributed by atoms with Crippen LogP contribution in [-0.2, 0) is 24.6 Å². The highest BCUT2D eigenvalue weighted by Gasteiger charge is 2.70. The molecule has 8 rings (SSSR count). The second kappa shape index (κ2) is 12.4. The zero-order valence-corrected chi connectivity index (χ0v) is 28.6. The summed E-state index contributed by atoms with van der Waals surface area (Å²) in [4.78, 5) is 72.0. The SMILES string of the molecule is CCOc1cccc([C@H]2C3=CC[C@@H]4C(=O)N(c5cccc([N+](=O)[O-])c5)C(=O)[C@@H]4[C@@H]3C[C@H]3C(=O)N(c4cccc(Cl)c4)C(=O)[C@@]23c2ccccc2)c1O. The summed E-state index contributed by atoms with van der Waals surface area (Å²) in [6.07, 6.45) is 2.07. The van der Waals surface area contributed by atoms with Crippen LogP contribution in [0.4, 0.5) is 17.1 Å². The molecule has 0 unspecified atom stereocenters. The third kappa shape index (κ3) is 4.72. The van der Waals surface area contributed by atoms with Crippen molar-refractivity contribution in [1.29, 1.82) is 0 Å². The minimum absolute atomic E-state index is 0.0493. The lowest BCUT2D eigenvalue weighted by Crippen LogP contribution is -2.53. The van der Waals surface area contributed by atoms with Crippen LogP contribution in [0.1, 0.15) is 36.8 Å². The number of anilines is 2. The number of para-hydroxylation sites is 1. The minimum Gasteiger partial charge on any atom is -0.504 e. The van der Waals surface area contributed by atoms with Gasteiger partial charge in [0.2, 0.25) is 23.6 Å². The van der Waals surface area contributed by atoms with Crippen LogP contribution in [0.2, 0.25) is 5.02 Å². The Labute approximate surface area is 303 Å². The maximum absolute atomic E-state index is 15.4. The van der Waals surface area contributed by atoms with Gasteiger partial charge in [0.1, 0.15) is 0 Å². The lowest BCUT2D eigenvalue weighted by molar-refractivity contribution is -0.384. The number of non-ortho nitro benzene ring substituents is 1. The van der Waals surface area contributed by atoms with Gasteiger partial charge in [-0.15, -0.1) is 0 Å². The summed E-state index contributed by atoms with van der Waals surface area (Å²) >= 11 is 6.38. The van der Waals surface area contributed by atoms with Gasteiger partial charge < -0.3 is 9.84 Å². The number of nitrogens with zero attached hydrogens (tertiary/aromatic N) is 3. The molecule has 4 amide bonds. The number of halogens is 1. The van der Waals surface area contributed by atoms with Gasteiger partial charge in [-0.1, -0.05) is 77.8 Å². The summed E-state index contributed by atoms with van der Waals surface area (Å²) in [7, 11) is 0. The fraction of sp³-hybridized carbons (Fsp3) is 0.250. The van der Waals surface area contributed by atoms with Gasteiger partial charge in [0.05, 0.1) is 46.1 Å². The molecule has 0 radical (unpaired) electrons. The molecular formula is C40H32ClN3O8. The number of nitro groups is 1. The van der Waals surface area contributed by atoms with Gasteiger partial charge >= 0.3 is 0 Å². The molecule has 3 fully saturated rings. The molecular weight excluding hydrogens is 686 g/mol. The Bertz CT molecular complexity index is 2220. The van der Waals surface area contributed by atoms with Crippen LogP contribution in [0.25, 0.3) is 0 Å². The Kier molecular flexibility index (Phi) is 7.98. The van der Waals surface area contributed by atoms with E-state index in [-0.39, 0.29) is 48.0 Å². The molecule has 1 saturated carbocycles. The molecule has 11 nitrogen and oxygen atoms in total. The number of phenols is 1. The molecule has 12 heteroatoms. The molecule has 6 atom stereocenters. The monoisotopic (exact) mass is 717 g/mol. The molecule has 2 saturated heterocycles. The number of allylic oxidation sites excluding steroid dienone is 2. The van der Waals surface area contributed by atoms with E-state index in [1.807, 2.05) is 12.1 Å². The first-order valence-corrected chi connectivity index (χ1v) is 17.4. The molecule has 52 heavy (non-hydrogen) atoms. The van der Waals surface area contributed by atoms with Crippen molar-refractivity contribution in [2.45, 2.75) is 31.1 Å². The summed E-state index contributed by atoms with van der Waals surface area (Å²) in [5.74, 6) is -6.43. The zero-order valence-electron chi connectivity index (χ0n) is 27.8.